The molecule has 41 heavy (non-hydrogen) atoms. The van der Waals surface area contributed by atoms with Crippen molar-refractivity contribution in [3.8, 4) is 33.9 Å². The molecule has 0 fully saturated rings. The molecule has 0 radical (unpaired) electrons. The molecule has 0 saturated carbocycles. The zero-order valence-electron chi connectivity index (χ0n) is 20.4. The standard InChI is InChI=1S/C27H13ClF6N2O4S/c1-39-20-10-17(12-3-2-4-14(29)7-12)19(28)9-18(20)26-16-6-5-15(8-13(16)11-35-36-26)41(37,38)40-27-24(33)22(31)21(30)23(32)25(27)34/h2-11H,1H3. The van der Waals surface area contributed by atoms with Gasteiger partial charge in [0.1, 0.15) is 22.2 Å². The van der Waals surface area contributed by atoms with Gasteiger partial charge in [0, 0.05) is 26.9 Å². The van der Waals surface area contributed by atoms with Crippen LogP contribution in [0.1, 0.15) is 0 Å². The molecule has 6 nitrogen and oxygen atoms in total. The lowest BCUT2D eigenvalue weighted by atomic mass is 9.99. The molecule has 0 bridgehead atoms. The van der Waals surface area contributed by atoms with Crippen molar-refractivity contribution in [2.45, 2.75) is 4.90 Å². The molecule has 5 rings (SSSR count). The molecule has 14 heteroatoms. The van der Waals surface area contributed by atoms with Crippen molar-refractivity contribution in [3.05, 3.63) is 101 Å². The molecular formula is C27H13ClF6N2O4S. The Morgan fingerprint density at radius 1 is 0.805 bits per heavy atom. The van der Waals surface area contributed by atoms with Gasteiger partial charge in [0.25, 0.3) is 0 Å². The summed E-state index contributed by atoms with van der Waals surface area (Å²) in [6.07, 6.45) is 1.17. The monoisotopic (exact) mass is 610 g/mol. The number of hydrogen-bond donors (Lipinski definition) is 0. The maximum atomic E-state index is 14.0. The van der Waals surface area contributed by atoms with Crippen LogP contribution in [0.3, 0.4) is 0 Å². The summed E-state index contributed by atoms with van der Waals surface area (Å²) in [4.78, 5) is -0.681. The molecule has 1 heterocycles. The lowest BCUT2D eigenvalue weighted by Gasteiger charge is -2.14. The molecule has 0 N–H and O–H groups in total. The number of nitrogens with zero attached hydrogens (tertiary/aromatic N) is 2. The summed E-state index contributed by atoms with van der Waals surface area (Å²) < 4.78 is 118. The quantitative estimate of drug-likeness (QED) is 0.0874. The maximum Gasteiger partial charge on any atom is 0.339 e. The van der Waals surface area contributed by atoms with Gasteiger partial charge in [-0.15, -0.1) is 5.10 Å². The highest BCUT2D eigenvalue weighted by atomic mass is 35.5. The Hall–Kier alpha value is -4.36. The Kier molecular flexibility index (Phi) is 7.26. The normalized spacial score (nSPS) is 11.6. The van der Waals surface area contributed by atoms with E-state index in [1.165, 1.54) is 43.6 Å². The van der Waals surface area contributed by atoms with Gasteiger partial charge in [-0.3, -0.25) is 0 Å². The van der Waals surface area contributed by atoms with Crippen LogP contribution in [0.2, 0.25) is 5.02 Å². The Morgan fingerprint density at radius 3 is 2.15 bits per heavy atom. The minimum absolute atomic E-state index is 0.143. The van der Waals surface area contributed by atoms with Gasteiger partial charge in [-0.25, -0.2) is 17.6 Å². The number of rotatable bonds is 6. The average Bonchev–Trinajstić information content (AvgIpc) is 2.96. The molecule has 0 aliphatic carbocycles. The van der Waals surface area contributed by atoms with Gasteiger partial charge in [-0.2, -0.15) is 22.3 Å². The molecule has 0 aliphatic rings. The van der Waals surface area contributed by atoms with E-state index in [2.05, 4.69) is 14.4 Å². The Morgan fingerprint density at radius 2 is 1.49 bits per heavy atom. The van der Waals surface area contributed by atoms with Crippen LogP contribution >= 0.6 is 11.6 Å². The first-order valence-electron chi connectivity index (χ1n) is 11.3. The summed E-state index contributed by atoms with van der Waals surface area (Å²) in [5.41, 5.74) is 1.46. The predicted octanol–water partition coefficient (Wildman–Crippen LogP) is 7.23. The van der Waals surface area contributed by atoms with Gasteiger partial charge >= 0.3 is 10.1 Å². The summed E-state index contributed by atoms with van der Waals surface area (Å²) in [6, 6.07) is 12.0. The van der Waals surface area contributed by atoms with Gasteiger partial charge in [0.2, 0.25) is 34.8 Å². The van der Waals surface area contributed by atoms with E-state index in [9.17, 15) is 34.8 Å². The average molecular weight is 611 g/mol. The summed E-state index contributed by atoms with van der Waals surface area (Å²) in [5, 5.41) is 8.64. The fraction of sp³-hybridized carbons (Fsp3) is 0.0370. The summed E-state index contributed by atoms with van der Waals surface area (Å²) in [5.74, 6) is -14.3. The molecule has 0 unspecified atom stereocenters. The first-order valence-corrected chi connectivity index (χ1v) is 13.1. The van der Waals surface area contributed by atoms with Crippen molar-refractivity contribution in [3.63, 3.8) is 0 Å². The van der Waals surface area contributed by atoms with E-state index in [1.54, 1.807) is 12.1 Å². The highest BCUT2D eigenvalue weighted by Gasteiger charge is 2.31. The van der Waals surface area contributed by atoms with Crippen LogP contribution in [-0.4, -0.2) is 25.7 Å². The number of aromatic nitrogens is 2. The molecular weight excluding hydrogens is 598 g/mol. The third kappa shape index (κ3) is 5.02. The lowest BCUT2D eigenvalue weighted by Crippen LogP contribution is -2.14. The fourth-order valence-electron chi connectivity index (χ4n) is 4.02. The van der Waals surface area contributed by atoms with Crippen LogP contribution in [0, 0.1) is 34.9 Å². The zero-order chi connectivity index (χ0) is 29.6. The molecule has 210 valence electrons. The Balaban J connectivity index is 1.58. The van der Waals surface area contributed by atoms with E-state index in [-0.39, 0.29) is 21.9 Å². The van der Waals surface area contributed by atoms with Crippen molar-refractivity contribution in [2.24, 2.45) is 0 Å². The minimum atomic E-state index is -5.09. The zero-order valence-corrected chi connectivity index (χ0v) is 21.9. The highest BCUT2D eigenvalue weighted by Crippen LogP contribution is 2.41. The smallest absolute Gasteiger partial charge is 0.339 e. The molecule has 0 saturated heterocycles. The van der Waals surface area contributed by atoms with Crippen LogP contribution in [0.15, 0.2) is 65.7 Å². The molecule has 0 amide bonds. The van der Waals surface area contributed by atoms with E-state index in [0.717, 1.165) is 12.1 Å². The van der Waals surface area contributed by atoms with Crippen LogP contribution in [0.4, 0.5) is 26.3 Å². The summed E-state index contributed by atoms with van der Waals surface area (Å²) in [7, 11) is -3.72. The third-order valence-corrected chi connectivity index (χ3v) is 7.49. The van der Waals surface area contributed by atoms with Gasteiger partial charge in [-0.05, 0) is 42.0 Å². The maximum absolute atomic E-state index is 14.0. The van der Waals surface area contributed by atoms with Crippen molar-refractivity contribution in [2.75, 3.05) is 7.11 Å². The molecule has 0 aliphatic heterocycles. The van der Waals surface area contributed by atoms with Gasteiger partial charge in [0.05, 0.1) is 13.3 Å². The van der Waals surface area contributed by atoms with Crippen molar-refractivity contribution in [1.29, 1.82) is 0 Å². The molecule has 0 spiro atoms. The summed E-state index contributed by atoms with van der Waals surface area (Å²) in [6.45, 7) is 0. The number of halogens is 7. The molecule has 5 aromatic rings. The van der Waals surface area contributed by atoms with Crippen LogP contribution in [-0.2, 0) is 10.1 Å². The van der Waals surface area contributed by atoms with E-state index < -0.39 is 55.7 Å². The lowest BCUT2D eigenvalue weighted by molar-refractivity contribution is 0.346. The number of hydrogen-bond acceptors (Lipinski definition) is 6. The fourth-order valence-corrected chi connectivity index (χ4v) is 5.26. The molecule has 1 aromatic heterocycles. The second kappa shape index (κ2) is 10.6. The van der Waals surface area contributed by atoms with Crippen LogP contribution < -0.4 is 8.92 Å². The predicted molar refractivity (Wildman–Crippen MR) is 136 cm³/mol. The second-order valence-electron chi connectivity index (χ2n) is 8.42. The minimum Gasteiger partial charge on any atom is -0.496 e. The van der Waals surface area contributed by atoms with Gasteiger partial charge < -0.3 is 8.92 Å². The van der Waals surface area contributed by atoms with E-state index in [0.29, 0.717) is 22.1 Å². The molecule has 0 atom stereocenters. The Bertz CT molecular complexity index is 1950. The van der Waals surface area contributed by atoms with E-state index in [4.69, 9.17) is 16.3 Å². The van der Waals surface area contributed by atoms with E-state index in [1.807, 2.05) is 0 Å². The number of fused-ring (bicyclic) bond motifs is 1. The first-order chi connectivity index (χ1) is 19.4. The molecule has 4 aromatic carbocycles. The number of methoxy groups -OCH3 is 1. The summed E-state index contributed by atoms with van der Waals surface area (Å²) >= 11 is 6.51. The SMILES string of the molecule is COc1cc(-c2cccc(F)c2)c(Cl)cc1-c1nncc2cc(S(=O)(=O)Oc3c(F)c(F)c(F)c(F)c3F)ccc12. The largest absolute Gasteiger partial charge is 0.496 e. The first kappa shape index (κ1) is 28.2. The number of ether oxygens (including phenoxy) is 1. The van der Waals surface area contributed by atoms with Gasteiger partial charge in [-0.1, -0.05) is 29.8 Å². The topological polar surface area (TPSA) is 78.4 Å². The third-order valence-electron chi connectivity index (χ3n) is 5.96. The van der Waals surface area contributed by atoms with Crippen molar-refractivity contribution in [1.82, 2.24) is 10.2 Å². The second-order valence-corrected chi connectivity index (χ2v) is 10.4. The van der Waals surface area contributed by atoms with E-state index >= 15 is 0 Å². The van der Waals surface area contributed by atoms with Crippen molar-refractivity contribution >= 4 is 32.5 Å². The van der Waals surface area contributed by atoms with Crippen molar-refractivity contribution < 1.29 is 43.7 Å². The van der Waals surface area contributed by atoms with Crippen LogP contribution in [0.5, 0.6) is 11.5 Å². The van der Waals surface area contributed by atoms with Gasteiger partial charge in [0.15, 0.2) is 0 Å². The van der Waals surface area contributed by atoms with Crippen LogP contribution in [0.25, 0.3) is 33.2 Å². The highest BCUT2D eigenvalue weighted by molar-refractivity contribution is 7.87. The Labute approximate surface area is 232 Å². The number of benzene rings is 4.